The molecule has 0 aromatic heterocycles. The van der Waals surface area contributed by atoms with Gasteiger partial charge in [0.05, 0.1) is 11.5 Å². The van der Waals surface area contributed by atoms with Crippen LogP contribution < -0.4 is 4.74 Å². The molecule has 2 atom stereocenters. The summed E-state index contributed by atoms with van der Waals surface area (Å²) in [7, 11) is -3.01. The Balaban J connectivity index is 1.62. The van der Waals surface area contributed by atoms with Gasteiger partial charge in [0.15, 0.2) is 9.84 Å². The van der Waals surface area contributed by atoms with Gasteiger partial charge in [-0.25, -0.2) is 8.42 Å². The molecular weight excluding hydrogens is 466 g/mol. The number of halogens is 1. The third-order valence-corrected chi connectivity index (χ3v) is 7.68. The zero-order chi connectivity index (χ0) is 21.7. The highest BCUT2D eigenvalue weighted by molar-refractivity contribution is 9.10. The smallest absolute Gasteiger partial charge is 0.151 e. The predicted molar refractivity (Wildman–Crippen MR) is 124 cm³/mol. The minimum absolute atomic E-state index is 0.0889. The first-order valence-corrected chi connectivity index (χ1v) is 12.9. The summed E-state index contributed by atoms with van der Waals surface area (Å²) < 4.78 is 30.8. The first-order valence-electron chi connectivity index (χ1n) is 10.3. The topological polar surface area (TPSA) is 66.8 Å². The van der Waals surface area contributed by atoms with Crippen molar-refractivity contribution in [1.82, 2.24) is 4.90 Å². The summed E-state index contributed by atoms with van der Waals surface area (Å²) in [4.78, 5) is 2.07. The maximum atomic E-state index is 12.0. The summed E-state index contributed by atoms with van der Waals surface area (Å²) in [5.41, 5.74) is 2.32. The van der Waals surface area contributed by atoms with Crippen LogP contribution in [0.5, 0.6) is 5.75 Å². The fraction of sp³-hybridized carbons (Fsp3) is 0.478. The molecule has 2 aromatic rings. The maximum absolute atomic E-state index is 12.0. The summed E-state index contributed by atoms with van der Waals surface area (Å²) in [6, 6.07) is 15.8. The van der Waals surface area contributed by atoms with Gasteiger partial charge in [0.2, 0.25) is 0 Å². The zero-order valence-electron chi connectivity index (χ0n) is 17.5. The fourth-order valence-corrected chi connectivity index (χ4v) is 5.95. The second kappa shape index (κ2) is 10.3. The molecule has 0 amide bonds. The van der Waals surface area contributed by atoms with Gasteiger partial charge in [-0.15, -0.1) is 0 Å². The van der Waals surface area contributed by atoms with E-state index in [0.717, 1.165) is 15.8 Å². The zero-order valence-corrected chi connectivity index (χ0v) is 19.9. The Kier molecular flexibility index (Phi) is 7.96. The van der Waals surface area contributed by atoms with Crippen molar-refractivity contribution >= 4 is 25.8 Å². The largest absolute Gasteiger partial charge is 0.491 e. The minimum atomic E-state index is -3.01. The van der Waals surface area contributed by atoms with Gasteiger partial charge >= 0.3 is 0 Å². The molecule has 0 bridgehead atoms. The molecule has 1 aliphatic heterocycles. The normalized spacial score (nSPS) is 19.3. The number of ether oxygens (including phenoxy) is 1. The lowest BCUT2D eigenvalue weighted by Gasteiger charge is -2.30. The molecule has 0 aliphatic carbocycles. The Morgan fingerprint density at radius 3 is 2.53 bits per heavy atom. The van der Waals surface area contributed by atoms with Gasteiger partial charge in [0.25, 0.3) is 0 Å². The summed E-state index contributed by atoms with van der Waals surface area (Å²) in [6.45, 7) is 5.39. The van der Waals surface area contributed by atoms with Gasteiger partial charge in [0.1, 0.15) is 18.5 Å². The second-order valence-corrected chi connectivity index (χ2v) is 11.4. The number of sulfone groups is 1. The highest BCUT2D eigenvalue weighted by Gasteiger charge is 2.33. The van der Waals surface area contributed by atoms with E-state index in [4.69, 9.17) is 4.74 Å². The monoisotopic (exact) mass is 495 g/mol. The molecule has 5 nitrogen and oxygen atoms in total. The number of hydrogen-bond acceptors (Lipinski definition) is 5. The van der Waals surface area contributed by atoms with Crippen molar-refractivity contribution < 1.29 is 18.3 Å². The van der Waals surface area contributed by atoms with Crippen LogP contribution >= 0.6 is 15.9 Å². The molecule has 1 heterocycles. The quantitative estimate of drug-likeness (QED) is 0.569. The van der Waals surface area contributed by atoms with E-state index in [2.05, 4.69) is 34.7 Å². The Morgan fingerprint density at radius 1 is 1.20 bits per heavy atom. The minimum Gasteiger partial charge on any atom is -0.491 e. The van der Waals surface area contributed by atoms with E-state index in [1.165, 1.54) is 5.56 Å². The molecule has 2 unspecified atom stereocenters. The summed E-state index contributed by atoms with van der Waals surface area (Å²) in [5.74, 6) is 1.53. The van der Waals surface area contributed by atoms with Crippen LogP contribution in [0.15, 0.2) is 53.0 Å². The van der Waals surface area contributed by atoms with Gasteiger partial charge in [-0.2, -0.15) is 0 Å². The number of rotatable bonds is 9. The van der Waals surface area contributed by atoms with Crippen LogP contribution in [-0.4, -0.2) is 55.2 Å². The van der Waals surface area contributed by atoms with Crippen LogP contribution in [-0.2, 0) is 16.4 Å². The van der Waals surface area contributed by atoms with Crippen LogP contribution in [0.3, 0.4) is 0 Å². The standard InChI is InChI=1S/C23H30BrNO4S/c1-17(2)19-6-8-23(9-7-19)29-15-22(26)14-25(21-10-11-30(27,28)16-21)13-18-4-3-5-20(24)12-18/h3-9,12,17,21-22,26H,10-11,13-16H2,1-2H3. The first kappa shape index (κ1) is 23.3. The van der Waals surface area contributed by atoms with Gasteiger partial charge in [-0.1, -0.05) is 54.0 Å². The third-order valence-electron chi connectivity index (χ3n) is 5.43. The van der Waals surface area contributed by atoms with Gasteiger partial charge < -0.3 is 9.84 Å². The Bertz CT molecular complexity index is 930. The van der Waals surface area contributed by atoms with E-state index in [1.54, 1.807) is 0 Å². The molecule has 1 saturated heterocycles. The molecule has 30 heavy (non-hydrogen) atoms. The van der Waals surface area contributed by atoms with Gasteiger partial charge in [-0.05, 0) is 47.7 Å². The van der Waals surface area contributed by atoms with Crippen LogP contribution in [0.2, 0.25) is 0 Å². The van der Waals surface area contributed by atoms with E-state index < -0.39 is 15.9 Å². The molecule has 2 aromatic carbocycles. The number of aliphatic hydroxyl groups is 1. The van der Waals surface area contributed by atoms with E-state index in [0.29, 0.717) is 25.4 Å². The lowest BCUT2D eigenvalue weighted by atomic mass is 10.0. The highest BCUT2D eigenvalue weighted by atomic mass is 79.9. The van der Waals surface area contributed by atoms with Crippen molar-refractivity contribution in [2.24, 2.45) is 0 Å². The number of hydrogen-bond donors (Lipinski definition) is 1. The molecule has 0 spiro atoms. The average Bonchev–Trinajstić information content (AvgIpc) is 3.06. The van der Waals surface area contributed by atoms with Crippen LogP contribution in [0.4, 0.5) is 0 Å². The molecule has 0 saturated carbocycles. The molecule has 1 aliphatic rings. The van der Waals surface area contributed by atoms with Crippen molar-refractivity contribution in [2.45, 2.75) is 44.9 Å². The lowest BCUT2D eigenvalue weighted by molar-refractivity contribution is 0.0524. The number of aliphatic hydroxyl groups excluding tert-OH is 1. The van der Waals surface area contributed by atoms with Crippen molar-refractivity contribution in [3.05, 3.63) is 64.1 Å². The summed E-state index contributed by atoms with van der Waals surface area (Å²) in [5, 5.41) is 10.6. The molecule has 1 fully saturated rings. The van der Waals surface area contributed by atoms with E-state index in [1.807, 2.05) is 48.5 Å². The van der Waals surface area contributed by atoms with Crippen molar-refractivity contribution in [2.75, 3.05) is 24.7 Å². The van der Waals surface area contributed by atoms with Crippen molar-refractivity contribution in [1.29, 1.82) is 0 Å². The molecular formula is C23H30BrNO4S. The van der Waals surface area contributed by atoms with E-state index in [-0.39, 0.29) is 24.2 Å². The third kappa shape index (κ3) is 6.80. The maximum Gasteiger partial charge on any atom is 0.151 e. The second-order valence-electron chi connectivity index (χ2n) is 8.30. The number of benzene rings is 2. The summed E-state index contributed by atoms with van der Waals surface area (Å²) in [6.07, 6.45) is -0.120. The van der Waals surface area contributed by atoms with E-state index >= 15 is 0 Å². The molecule has 1 N–H and O–H groups in total. The Morgan fingerprint density at radius 2 is 1.93 bits per heavy atom. The van der Waals surface area contributed by atoms with Gasteiger partial charge in [-0.3, -0.25) is 4.90 Å². The molecule has 0 radical (unpaired) electrons. The van der Waals surface area contributed by atoms with Crippen LogP contribution in [0.1, 0.15) is 37.3 Å². The van der Waals surface area contributed by atoms with E-state index in [9.17, 15) is 13.5 Å². The van der Waals surface area contributed by atoms with Crippen molar-refractivity contribution in [3.8, 4) is 5.75 Å². The van der Waals surface area contributed by atoms with Crippen molar-refractivity contribution in [3.63, 3.8) is 0 Å². The lowest BCUT2D eigenvalue weighted by Crippen LogP contribution is -2.42. The predicted octanol–water partition coefficient (Wildman–Crippen LogP) is 4.00. The molecule has 164 valence electrons. The van der Waals surface area contributed by atoms with Gasteiger partial charge in [0, 0.05) is 23.6 Å². The highest BCUT2D eigenvalue weighted by Crippen LogP contribution is 2.22. The van der Waals surface area contributed by atoms with Crippen LogP contribution in [0.25, 0.3) is 0 Å². The summed E-state index contributed by atoms with van der Waals surface area (Å²) >= 11 is 3.49. The Hall–Kier alpha value is -1.41. The molecule has 7 heteroatoms. The fourth-order valence-electron chi connectivity index (χ4n) is 3.74. The Labute approximate surface area is 188 Å². The number of nitrogens with zero attached hydrogens (tertiary/aromatic N) is 1. The molecule has 3 rings (SSSR count). The first-order chi connectivity index (χ1) is 14.2. The average molecular weight is 496 g/mol. The van der Waals surface area contributed by atoms with Crippen LogP contribution in [0, 0.1) is 0 Å². The SMILES string of the molecule is CC(C)c1ccc(OCC(O)CN(Cc2cccc(Br)c2)C2CCS(=O)(=O)C2)cc1.